The standard InChI is InChI=1S/C17H23NO4/c1-12-7-8-14(22-12)9-10-16(19)18-15(17(20)21)11-13-5-3-2-4-6-13/h2-6,12,14-15H,7-11H2,1H3,(H,18,19)(H,20,21)/t12?,14?,15-/m0/s1. The number of aliphatic carboxylic acids is 1. The molecular weight excluding hydrogens is 282 g/mol. The summed E-state index contributed by atoms with van der Waals surface area (Å²) in [5.41, 5.74) is 0.892. The second-order valence-electron chi connectivity index (χ2n) is 5.83. The van der Waals surface area contributed by atoms with Gasteiger partial charge in [0.1, 0.15) is 6.04 Å². The summed E-state index contributed by atoms with van der Waals surface area (Å²) in [5.74, 6) is -1.24. The number of ether oxygens (including phenoxy) is 1. The van der Waals surface area contributed by atoms with Crippen molar-refractivity contribution >= 4 is 11.9 Å². The lowest BCUT2D eigenvalue weighted by Crippen LogP contribution is -2.42. The summed E-state index contributed by atoms with van der Waals surface area (Å²) >= 11 is 0. The van der Waals surface area contributed by atoms with Crippen molar-refractivity contribution in [1.82, 2.24) is 5.32 Å². The first-order valence-electron chi connectivity index (χ1n) is 7.76. The Morgan fingerprint density at radius 2 is 2.05 bits per heavy atom. The number of nitrogens with one attached hydrogen (secondary N) is 1. The predicted molar refractivity (Wildman–Crippen MR) is 82.5 cm³/mol. The van der Waals surface area contributed by atoms with Gasteiger partial charge in [0.2, 0.25) is 5.91 Å². The van der Waals surface area contributed by atoms with Crippen LogP contribution in [0, 0.1) is 0 Å². The summed E-state index contributed by atoms with van der Waals surface area (Å²) in [6.45, 7) is 2.03. The average Bonchev–Trinajstić information content (AvgIpc) is 2.91. The fourth-order valence-corrected chi connectivity index (χ4v) is 2.71. The number of carboxylic acids is 1. The van der Waals surface area contributed by atoms with Gasteiger partial charge in [0, 0.05) is 12.8 Å². The van der Waals surface area contributed by atoms with Gasteiger partial charge in [-0.3, -0.25) is 4.79 Å². The summed E-state index contributed by atoms with van der Waals surface area (Å²) in [6, 6.07) is 8.41. The molecule has 2 N–H and O–H groups in total. The predicted octanol–water partition coefficient (Wildman–Crippen LogP) is 2.15. The molecule has 0 aromatic heterocycles. The van der Waals surface area contributed by atoms with Crippen LogP contribution in [0.4, 0.5) is 0 Å². The molecule has 1 fully saturated rings. The summed E-state index contributed by atoms with van der Waals surface area (Å²) in [6.07, 6.45) is 3.62. The van der Waals surface area contributed by atoms with E-state index in [1.807, 2.05) is 37.3 Å². The van der Waals surface area contributed by atoms with Crippen LogP contribution in [0.15, 0.2) is 30.3 Å². The monoisotopic (exact) mass is 305 g/mol. The van der Waals surface area contributed by atoms with E-state index in [1.54, 1.807) is 0 Å². The normalized spacial score (nSPS) is 22.2. The van der Waals surface area contributed by atoms with Crippen molar-refractivity contribution in [3.63, 3.8) is 0 Å². The minimum Gasteiger partial charge on any atom is -0.480 e. The topological polar surface area (TPSA) is 75.6 Å². The van der Waals surface area contributed by atoms with Crippen LogP contribution in [0.1, 0.15) is 38.2 Å². The number of carboxylic acid groups (broad SMARTS) is 1. The number of carbonyl (C=O) groups is 2. The molecule has 1 aliphatic heterocycles. The molecular formula is C17H23NO4. The molecule has 5 heteroatoms. The lowest BCUT2D eigenvalue weighted by atomic mass is 10.1. The molecule has 1 aromatic rings. The van der Waals surface area contributed by atoms with Gasteiger partial charge in [0.05, 0.1) is 12.2 Å². The summed E-state index contributed by atoms with van der Waals surface area (Å²) in [7, 11) is 0. The highest BCUT2D eigenvalue weighted by atomic mass is 16.5. The van der Waals surface area contributed by atoms with Crippen LogP contribution in [0.2, 0.25) is 0 Å². The summed E-state index contributed by atoms with van der Waals surface area (Å²) < 4.78 is 5.66. The Labute approximate surface area is 130 Å². The zero-order valence-corrected chi connectivity index (χ0v) is 12.8. The van der Waals surface area contributed by atoms with Gasteiger partial charge in [-0.15, -0.1) is 0 Å². The Kier molecular flexibility index (Phi) is 5.95. The maximum Gasteiger partial charge on any atom is 0.326 e. The van der Waals surface area contributed by atoms with E-state index in [2.05, 4.69) is 5.32 Å². The van der Waals surface area contributed by atoms with E-state index in [9.17, 15) is 14.7 Å². The molecule has 1 heterocycles. The third-order valence-electron chi connectivity index (χ3n) is 3.93. The molecule has 5 nitrogen and oxygen atoms in total. The zero-order valence-electron chi connectivity index (χ0n) is 12.8. The van der Waals surface area contributed by atoms with Crippen molar-refractivity contribution in [1.29, 1.82) is 0 Å². The quantitative estimate of drug-likeness (QED) is 0.809. The molecule has 3 atom stereocenters. The average molecular weight is 305 g/mol. The van der Waals surface area contributed by atoms with Crippen molar-refractivity contribution in [2.75, 3.05) is 0 Å². The van der Waals surface area contributed by atoms with Crippen molar-refractivity contribution in [2.45, 2.75) is 57.3 Å². The van der Waals surface area contributed by atoms with Crippen LogP contribution in [-0.2, 0) is 20.7 Å². The van der Waals surface area contributed by atoms with Crippen molar-refractivity contribution in [2.24, 2.45) is 0 Å². The molecule has 1 aliphatic rings. The maximum absolute atomic E-state index is 12.0. The minimum absolute atomic E-state index is 0.123. The highest BCUT2D eigenvalue weighted by Crippen LogP contribution is 2.22. The first-order valence-corrected chi connectivity index (χ1v) is 7.76. The molecule has 0 radical (unpaired) electrons. The van der Waals surface area contributed by atoms with Gasteiger partial charge in [0.15, 0.2) is 0 Å². The molecule has 1 saturated heterocycles. The first kappa shape index (κ1) is 16.5. The van der Waals surface area contributed by atoms with Gasteiger partial charge < -0.3 is 15.2 Å². The molecule has 2 unspecified atom stereocenters. The van der Waals surface area contributed by atoms with E-state index in [-0.39, 0.29) is 18.1 Å². The molecule has 2 rings (SSSR count). The first-order chi connectivity index (χ1) is 10.5. The van der Waals surface area contributed by atoms with Crippen molar-refractivity contribution < 1.29 is 19.4 Å². The number of hydrogen-bond donors (Lipinski definition) is 2. The van der Waals surface area contributed by atoms with E-state index in [4.69, 9.17) is 4.74 Å². The van der Waals surface area contributed by atoms with Gasteiger partial charge >= 0.3 is 5.97 Å². The van der Waals surface area contributed by atoms with E-state index >= 15 is 0 Å². The number of rotatable bonds is 7. The zero-order chi connectivity index (χ0) is 15.9. The Morgan fingerprint density at radius 3 is 2.64 bits per heavy atom. The fourth-order valence-electron chi connectivity index (χ4n) is 2.71. The van der Waals surface area contributed by atoms with Crippen LogP contribution >= 0.6 is 0 Å². The van der Waals surface area contributed by atoms with Crippen LogP contribution in [0.25, 0.3) is 0 Å². The molecule has 0 saturated carbocycles. The third-order valence-corrected chi connectivity index (χ3v) is 3.93. The Hall–Kier alpha value is -1.88. The Balaban J connectivity index is 1.80. The minimum atomic E-state index is -1.01. The second-order valence-corrected chi connectivity index (χ2v) is 5.83. The highest BCUT2D eigenvalue weighted by Gasteiger charge is 2.24. The van der Waals surface area contributed by atoms with Crippen molar-refractivity contribution in [3.05, 3.63) is 35.9 Å². The molecule has 0 bridgehead atoms. The summed E-state index contributed by atoms with van der Waals surface area (Å²) in [4.78, 5) is 23.3. The molecule has 120 valence electrons. The molecule has 0 spiro atoms. The van der Waals surface area contributed by atoms with E-state index in [0.29, 0.717) is 19.3 Å². The van der Waals surface area contributed by atoms with Crippen LogP contribution < -0.4 is 5.32 Å². The van der Waals surface area contributed by atoms with Crippen LogP contribution in [0.5, 0.6) is 0 Å². The van der Waals surface area contributed by atoms with Crippen LogP contribution in [0.3, 0.4) is 0 Å². The van der Waals surface area contributed by atoms with E-state index in [1.165, 1.54) is 0 Å². The van der Waals surface area contributed by atoms with E-state index in [0.717, 1.165) is 18.4 Å². The molecule has 1 amide bonds. The largest absolute Gasteiger partial charge is 0.480 e. The fraction of sp³-hybridized carbons (Fsp3) is 0.529. The smallest absolute Gasteiger partial charge is 0.326 e. The van der Waals surface area contributed by atoms with Gasteiger partial charge in [-0.2, -0.15) is 0 Å². The third kappa shape index (κ3) is 5.15. The maximum atomic E-state index is 12.0. The van der Waals surface area contributed by atoms with Gasteiger partial charge in [-0.25, -0.2) is 4.79 Å². The highest BCUT2D eigenvalue weighted by molar-refractivity contribution is 5.83. The second kappa shape index (κ2) is 7.94. The van der Waals surface area contributed by atoms with Gasteiger partial charge in [0.25, 0.3) is 0 Å². The lowest BCUT2D eigenvalue weighted by molar-refractivity contribution is -0.141. The number of benzene rings is 1. The SMILES string of the molecule is CC1CCC(CCC(=O)N[C@@H](Cc2ccccc2)C(=O)O)O1. The van der Waals surface area contributed by atoms with Gasteiger partial charge in [-0.1, -0.05) is 30.3 Å². The number of hydrogen-bond acceptors (Lipinski definition) is 3. The number of carbonyl (C=O) groups excluding carboxylic acids is 1. The Bertz CT molecular complexity index is 503. The molecule has 0 aliphatic carbocycles. The summed E-state index contributed by atoms with van der Waals surface area (Å²) in [5, 5.41) is 11.9. The van der Waals surface area contributed by atoms with E-state index < -0.39 is 12.0 Å². The Morgan fingerprint density at radius 1 is 1.32 bits per heavy atom. The lowest BCUT2D eigenvalue weighted by Gasteiger charge is -2.16. The molecule has 22 heavy (non-hydrogen) atoms. The van der Waals surface area contributed by atoms with Crippen molar-refractivity contribution in [3.8, 4) is 0 Å². The number of amides is 1. The van der Waals surface area contributed by atoms with Crippen LogP contribution in [-0.4, -0.2) is 35.2 Å². The molecule has 1 aromatic carbocycles. The van der Waals surface area contributed by atoms with Gasteiger partial charge in [-0.05, 0) is 31.7 Å².